The predicted octanol–water partition coefficient (Wildman–Crippen LogP) is 3.24. The highest BCUT2D eigenvalue weighted by atomic mass is 32.1. The Balaban J connectivity index is 1.71. The fourth-order valence-corrected chi connectivity index (χ4v) is 4.60. The van der Waals surface area contributed by atoms with Crippen molar-refractivity contribution in [3.05, 3.63) is 56.8 Å². The summed E-state index contributed by atoms with van der Waals surface area (Å²) in [5, 5.41) is 4.44. The molecular formula is C24H26N4O4S. The predicted molar refractivity (Wildman–Crippen MR) is 131 cm³/mol. The molecule has 0 fully saturated rings. The molecule has 9 heteroatoms. The second-order valence-electron chi connectivity index (χ2n) is 7.22. The summed E-state index contributed by atoms with van der Waals surface area (Å²) in [6, 6.07) is 11.7. The largest absolute Gasteiger partial charge is 0.493 e. The van der Waals surface area contributed by atoms with Crippen molar-refractivity contribution in [3.8, 4) is 28.6 Å². The Kier molecular flexibility index (Phi) is 6.50. The van der Waals surface area contributed by atoms with Gasteiger partial charge in [0.25, 0.3) is 5.56 Å². The highest BCUT2D eigenvalue weighted by Crippen LogP contribution is 2.40. The fraction of sp³-hybridized carbons (Fsp3) is 0.292. The number of anilines is 1. The summed E-state index contributed by atoms with van der Waals surface area (Å²) in [7, 11) is 4.64. The first kappa shape index (κ1) is 22.6. The van der Waals surface area contributed by atoms with Crippen LogP contribution < -0.4 is 29.2 Å². The van der Waals surface area contributed by atoms with Crippen molar-refractivity contribution in [3.63, 3.8) is 0 Å². The van der Waals surface area contributed by atoms with E-state index in [1.165, 1.54) is 15.9 Å². The molecule has 0 radical (unpaired) electrons. The fourth-order valence-electron chi connectivity index (χ4n) is 3.69. The molecule has 0 atom stereocenters. The van der Waals surface area contributed by atoms with Crippen LogP contribution in [0, 0.1) is 0 Å². The summed E-state index contributed by atoms with van der Waals surface area (Å²) in [6.07, 6.45) is 1.87. The van der Waals surface area contributed by atoms with Crippen LogP contribution in [0.5, 0.6) is 17.2 Å². The van der Waals surface area contributed by atoms with E-state index in [9.17, 15) is 4.79 Å². The molecule has 0 aliphatic rings. The van der Waals surface area contributed by atoms with Crippen molar-refractivity contribution in [2.45, 2.75) is 13.8 Å². The molecule has 2 heterocycles. The number of ether oxygens (including phenoxy) is 3. The minimum atomic E-state index is -0.200. The van der Waals surface area contributed by atoms with Crippen LogP contribution in [0.2, 0.25) is 0 Å². The van der Waals surface area contributed by atoms with Gasteiger partial charge in [0.15, 0.2) is 17.3 Å². The van der Waals surface area contributed by atoms with Gasteiger partial charge in [0.2, 0.25) is 10.7 Å². The van der Waals surface area contributed by atoms with Crippen LogP contribution >= 0.6 is 11.3 Å². The first-order chi connectivity index (χ1) is 16.0. The molecule has 0 aliphatic heterocycles. The van der Waals surface area contributed by atoms with E-state index in [2.05, 4.69) is 41.0 Å². The van der Waals surface area contributed by atoms with Crippen molar-refractivity contribution < 1.29 is 14.2 Å². The van der Waals surface area contributed by atoms with E-state index in [4.69, 9.17) is 14.2 Å². The molecule has 0 saturated carbocycles. The number of nitrogens with zero attached hydrogens (tertiary/aromatic N) is 4. The average molecular weight is 467 g/mol. The van der Waals surface area contributed by atoms with Gasteiger partial charge in [-0.05, 0) is 49.8 Å². The molecule has 33 heavy (non-hydrogen) atoms. The first-order valence-electron chi connectivity index (χ1n) is 10.6. The lowest BCUT2D eigenvalue weighted by molar-refractivity contribution is 0.324. The summed E-state index contributed by atoms with van der Waals surface area (Å²) in [4.78, 5) is 20.3. The van der Waals surface area contributed by atoms with Crippen LogP contribution in [0.4, 0.5) is 5.69 Å². The van der Waals surface area contributed by atoms with E-state index in [1.54, 1.807) is 33.5 Å². The Morgan fingerprint density at radius 1 is 1.00 bits per heavy atom. The molecule has 8 nitrogen and oxygen atoms in total. The molecule has 0 unspecified atom stereocenters. The second kappa shape index (κ2) is 9.50. The number of thiazole rings is 1. The van der Waals surface area contributed by atoms with Gasteiger partial charge in [0.1, 0.15) is 0 Å². The minimum absolute atomic E-state index is 0.200. The van der Waals surface area contributed by atoms with Gasteiger partial charge >= 0.3 is 0 Å². The van der Waals surface area contributed by atoms with Crippen molar-refractivity contribution in [2.75, 3.05) is 39.3 Å². The molecule has 0 N–H and O–H groups in total. The Morgan fingerprint density at radius 2 is 1.64 bits per heavy atom. The first-order valence-corrected chi connectivity index (χ1v) is 11.4. The maximum absolute atomic E-state index is 13.0. The van der Waals surface area contributed by atoms with Crippen LogP contribution in [0.3, 0.4) is 0 Å². The van der Waals surface area contributed by atoms with E-state index in [-0.39, 0.29) is 5.56 Å². The molecular weight excluding hydrogens is 440 g/mol. The number of hydrogen-bond acceptors (Lipinski definition) is 8. The van der Waals surface area contributed by atoms with E-state index in [1.807, 2.05) is 18.2 Å². The van der Waals surface area contributed by atoms with Crippen molar-refractivity contribution in [2.24, 2.45) is 0 Å². The molecule has 0 saturated heterocycles. The number of aromatic nitrogens is 3. The number of benzene rings is 2. The van der Waals surface area contributed by atoms with Crippen LogP contribution in [-0.4, -0.2) is 49.0 Å². The smallest absolute Gasteiger partial charge is 0.291 e. The second-order valence-corrected chi connectivity index (χ2v) is 8.23. The topological polar surface area (TPSA) is 78.2 Å². The lowest BCUT2D eigenvalue weighted by atomic mass is 10.1. The van der Waals surface area contributed by atoms with Crippen LogP contribution in [0.25, 0.3) is 22.4 Å². The Labute approximate surface area is 195 Å². The maximum Gasteiger partial charge on any atom is 0.291 e. The van der Waals surface area contributed by atoms with Crippen LogP contribution in [0.1, 0.15) is 19.4 Å². The zero-order valence-electron chi connectivity index (χ0n) is 19.3. The maximum atomic E-state index is 13.0. The third-order valence-electron chi connectivity index (χ3n) is 5.42. The van der Waals surface area contributed by atoms with Gasteiger partial charge in [-0.1, -0.05) is 23.5 Å². The van der Waals surface area contributed by atoms with Crippen LogP contribution in [-0.2, 0) is 0 Å². The third kappa shape index (κ3) is 4.23. The van der Waals surface area contributed by atoms with Gasteiger partial charge in [-0.15, -0.1) is 5.10 Å². The van der Waals surface area contributed by atoms with Gasteiger partial charge in [-0.25, -0.2) is 0 Å². The molecule has 0 bridgehead atoms. The average Bonchev–Trinajstić information content (AvgIpc) is 3.39. The monoisotopic (exact) mass is 466 g/mol. The molecule has 4 aromatic rings. The number of methoxy groups -OCH3 is 3. The molecule has 0 aliphatic carbocycles. The highest BCUT2D eigenvalue weighted by molar-refractivity contribution is 7.15. The van der Waals surface area contributed by atoms with Gasteiger partial charge in [-0.2, -0.15) is 9.50 Å². The molecule has 2 aromatic carbocycles. The zero-order chi connectivity index (χ0) is 23.5. The molecule has 0 amide bonds. The van der Waals surface area contributed by atoms with E-state index in [0.29, 0.717) is 38.1 Å². The Morgan fingerprint density at radius 3 is 2.15 bits per heavy atom. The Hall–Kier alpha value is -3.59. The summed E-state index contributed by atoms with van der Waals surface area (Å²) >= 11 is 1.30. The van der Waals surface area contributed by atoms with E-state index in [0.717, 1.165) is 24.3 Å². The SMILES string of the molecule is CCN(CC)c1ccc(/C=c2\sc3nc(-c4cc(OC)c(OC)c(OC)c4)nn3c2=O)cc1. The summed E-state index contributed by atoms with van der Waals surface area (Å²) in [6.45, 7) is 6.17. The van der Waals surface area contributed by atoms with E-state index < -0.39 is 0 Å². The summed E-state index contributed by atoms with van der Waals surface area (Å²) < 4.78 is 18.1. The normalized spacial score (nSPS) is 11.7. The van der Waals surface area contributed by atoms with Gasteiger partial charge in [0, 0.05) is 24.3 Å². The van der Waals surface area contributed by atoms with Crippen molar-refractivity contribution in [1.82, 2.24) is 14.6 Å². The van der Waals surface area contributed by atoms with Gasteiger partial charge < -0.3 is 19.1 Å². The lowest BCUT2D eigenvalue weighted by Gasteiger charge is -2.20. The molecule has 0 spiro atoms. The highest BCUT2D eigenvalue weighted by Gasteiger charge is 2.18. The minimum Gasteiger partial charge on any atom is -0.493 e. The van der Waals surface area contributed by atoms with Crippen molar-refractivity contribution >= 4 is 28.1 Å². The van der Waals surface area contributed by atoms with Crippen molar-refractivity contribution in [1.29, 1.82) is 0 Å². The number of hydrogen-bond donors (Lipinski definition) is 0. The third-order valence-corrected chi connectivity index (χ3v) is 6.38. The quantitative estimate of drug-likeness (QED) is 0.394. The van der Waals surface area contributed by atoms with Crippen LogP contribution in [0.15, 0.2) is 41.2 Å². The van der Waals surface area contributed by atoms with Gasteiger partial charge in [0.05, 0.1) is 25.9 Å². The summed E-state index contributed by atoms with van der Waals surface area (Å²) in [5.41, 5.74) is 2.58. The summed E-state index contributed by atoms with van der Waals surface area (Å²) in [5.74, 6) is 1.88. The molecule has 172 valence electrons. The number of fused-ring (bicyclic) bond motifs is 1. The van der Waals surface area contributed by atoms with Gasteiger partial charge in [-0.3, -0.25) is 4.79 Å². The number of rotatable bonds is 8. The molecule has 4 rings (SSSR count). The Bertz CT molecular complexity index is 1350. The van der Waals surface area contributed by atoms with E-state index >= 15 is 0 Å². The zero-order valence-corrected chi connectivity index (χ0v) is 20.1. The lowest BCUT2D eigenvalue weighted by Crippen LogP contribution is -2.23. The standard InChI is InChI=1S/C24H26N4O4S/c1-6-27(7-2)17-10-8-15(9-11-17)12-20-23(29)28-24(33-20)25-22(26-28)16-13-18(30-3)21(32-5)19(14-16)31-4/h8-14H,6-7H2,1-5H3/b20-12-. The molecule has 2 aromatic heterocycles.